The molecule has 0 saturated carbocycles. The van der Waals surface area contributed by atoms with Crippen molar-refractivity contribution in [3.05, 3.63) is 81.8 Å². The molecule has 29 heavy (non-hydrogen) atoms. The molecule has 4 rings (SSSR count). The summed E-state index contributed by atoms with van der Waals surface area (Å²) in [5.74, 6) is -0.358. The van der Waals surface area contributed by atoms with Crippen LogP contribution in [0.15, 0.2) is 65.5 Å². The molecule has 0 aliphatic carbocycles. The van der Waals surface area contributed by atoms with Gasteiger partial charge in [-0.3, -0.25) is 9.48 Å². The quantitative estimate of drug-likeness (QED) is 0.438. The molecular weight excluding hydrogens is 406 g/mol. The predicted molar refractivity (Wildman–Crippen MR) is 117 cm³/mol. The molecule has 2 aromatic heterocycles. The van der Waals surface area contributed by atoms with E-state index in [0.717, 1.165) is 16.7 Å². The van der Waals surface area contributed by atoms with Gasteiger partial charge in [-0.05, 0) is 58.1 Å². The predicted octanol–water partition coefficient (Wildman–Crippen LogP) is 4.74. The maximum absolute atomic E-state index is 12.6. The van der Waals surface area contributed by atoms with Crippen molar-refractivity contribution >= 4 is 40.2 Å². The number of thiophene rings is 1. The second kappa shape index (κ2) is 8.46. The topological polar surface area (TPSA) is 85.8 Å². The average molecular weight is 424 g/mol. The highest BCUT2D eigenvalue weighted by atomic mass is 35.5. The van der Waals surface area contributed by atoms with E-state index in [1.54, 1.807) is 28.3 Å². The third-order valence-electron chi connectivity index (χ3n) is 4.50. The molecule has 0 aliphatic heterocycles. The van der Waals surface area contributed by atoms with Crippen LogP contribution < -0.4 is 11.1 Å². The number of anilines is 2. The number of amides is 1. The molecule has 146 valence electrons. The number of halogens is 1. The summed E-state index contributed by atoms with van der Waals surface area (Å²) in [6.07, 6.45) is 2.31. The molecule has 1 amide bonds. The second-order valence-electron chi connectivity index (χ2n) is 6.48. The van der Waals surface area contributed by atoms with Crippen LogP contribution in [0.4, 0.5) is 11.4 Å². The van der Waals surface area contributed by atoms with Gasteiger partial charge in [-0.25, -0.2) is 0 Å². The molecule has 2 heterocycles. The normalized spacial score (nSPS) is 10.8. The van der Waals surface area contributed by atoms with Crippen molar-refractivity contribution in [3.63, 3.8) is 0 Å². The number of hydrogen-bond acceptors (Lipinski definition) is 5. The van der Waals surface area contributed by atoms with Crippen molar-refractivity contribution in [1.29, 1.82) is 0 Å². The maximum Gasteiger partial charge on any atom is 0.277 e. The smallest absolute Gasteiger partial charge is 0.277 e. The van der Waals surface area contributed by atoms with Gasteiger partial charge >= 0.3 is 0 Å². The fraction of sp³-hybridized carbons (Fsp3) is 0.0952. The van der Waals surface area contributed by atoms with Gasteiger partial charge in [-0.1, -0.05) is 41.1 Å². The lowest BCUT2D eigenvalue weighted by Gasteiger charge is -2.09. The van der Waals surface area contributed by atoms with E-state index in [4.69, 9.17) is 17.3 Å². The SMILES string of the molecule is Nc1ccc(-c2ccsc2)cc1NC(=O)c1cn(CCc2ccccc2Cl)nn1. The fourth-order valence-corrected chi connectivity index (χ4v) is 3.80. The van der Waals surface area contributed by atoms with E-state index in [0.29, 0.717) is 29.4 Å². The third-order valence-corrected chi connectivity index (χ3v) is 5.55. The van der Waals surface area contributed by atoms with Crippen LogP contribution in [0.2, 0.25) is 5.02 Å². The Labute approximate surface area is 176 Å². The molecule has 0 aliphatic rings. The van der Waals surface area contributed by atoms with Crippen LogP contribution in [0.3, 0.4) is 0 Å². The molecule has 0 unspecified atom stereocenters. The number of benzene rings is 2. The lowest BCUT2D eigenvalue weighted by molar-refractivity contribution is 0.102. The zero-order chi connectivity index (χ0) is 20.2. The number of rotatable bonds is 6. The zero-order valence-electron chi connectivity index (χ0n) is 15.4. The highest BCUT2D eigenvalue weighted by Gasteiger charge is 2.14. The summed E-state index contributed by atoms with van der Waals surface area (Å²) in [5.41, 5.74) is 10.4. The van der Waals surface area contributed by atoms with Crippen LogP contribution in [0.1, 0.15) is 16.1 Å². The number of hydrogen-bond donors (Lipinski definition) is 2. The van der Waals surface area contributed by atoms with Crippen molar-refractivity contribution in [2.24, 2.45) is 0 Å². The number of nitrogen functional groups attached to an aromatic ring is 1. The van der Waals surface area contributed by atoms with Crippen LogP contribution >= 0.6 is 22.9 Å². The number of aryl methyl sites for hydroxylation is 2. The summed E-state index contributed by atoms with van der Waals surface area (Å²) in [4.78, 5) is 12.6. The maximum atomic E-state index is 12.6. The Bertz CT molecular complexity index is 1140. The Morgan fingerprint density at radius 2 is 2.03 bits per heavy atom. The number of nitrogens with two attached hydrogens (primary N) is 1. The highest BCUT2D eigenvalue weighted by molar-refractivity contribution is 7.08. The monoisotopic (exact) mass is 423 g/mol. The van der Waals surface area contributed by atoms with E-state index in [1.165, 1.54) is 0 Å². The van der Waals surface area contributed by atoms with Crippen molar-refractivity contribution in [2.75, 3.05) is 11.1 Å². The van der Waals surface area contributed by atoms with Crippen molar-refractivity contribution in [2.45, 2.75) is 13.0 Å². The van der Waals surface area contributed by atoms with Gasteiger partial charge in [0.05, 0.1) is 17.6 Å². The van der Waals surface area contributed by atoms with Gasteiger partial charge in [0.25, 0.3) is 5.91 Å². The summed E-state index contributed by atoms with van der Waals surface area (Å²) in [6, 6.07) is 15.2. The molecule has 4 aromatic rings. The van der Waals surface area contributed by atoms with Gasteiger partial charge in [0, 0.05) is 11.6 Å². The molecule has 0 bridgehead atoms. The first-order valence-corrected chi connectivity index (χ1v) is 10.3. The van der Waals surface area contributed by atoms with E-state index < -0.39 is 0 Å². The number of carbonyl (C=O) groups is 1. The Balaban J connectivity index is 1.44. The second-order valence-corrected chi connectivity index (χ2v) is 7.66. The van der Waals surface area contributed by atoms with Gasteiger partial charge in [0.2, 0.25) is 0 Å². The molecule has 6 nitrogen and oxygen atoms in total. The van der Waals surface area contributed by atoms with Crippen LogP contribution in [0.25, 0.3) is 11.1 Å². The minimum absolute atomic E-state index is 0.226. The molecular formula is C21H18ClN5OS. The number of nitrogens with one attached hydrogen (secondary N) is 1. The first kappa shape index (κ1) is 19.2. The average Bonchev–Trinajstić information content (AvgIpc) is 3.41. The molecule has 3 N–H and O–H groups in total. The Morgan fingerprint density at radius 3 is 2.83 bits per heavy atom. The Morgan fingerprint density at radius 1 is 1.17 bits per heavy atom. The van der Waals surface area contributed by atoms with Crippen LogP contribution in [0, 0.1) is 0 Å². The van der Waals surface area contributed by atoms with E-state index in [9.17, 15) is 4.79 Å². The Kier molecular flexibility index (Phi) is 5.59. The minimum atomic E-state index is -0.358. The van der Waals surface area contributed by atoms with Crippen molar-refractivity contribution in [3.8, 4) is 11.1 Å². The molecule has 2 aromatic carbocycles. The summed E-state index contributed by atoms with van der Waals surface area (Å²) in [5, 5.41) is 15.6. The van der Waals surface area contributed by atoms with Crippen molar-refractivity contribution in [1.82, 2.24) is 15.0 Å². The molecule has 8 heteroatoms. The molecule has 0 atom stereocenters. The lowest BCUT2D eigenvalue weighted by atomic mass is 10.1. The summed E-state index contributed by atoms with van der Waals surface area (Å²) >= 11 is 7.79. The van der Waals surface area contributed by atoms with Gasteiger partial charge in [-0.2, -0.15) is 11.3 Å². The van der Waals surface area contributed by atoms with E-state index in [2.05, 4.69) is 15.6 Å². The largest absolute Gasteiger partial charge is 0.397 e. The highest BCUT2D eigenvalue weighted by Crippen LogP contribution is 2.28. The summed E-state index contributed by atoms with van der Waals surface area (Å²) < 4.78 is 1.63. The molecule has 0 fully saturated rings. The van der Waals surface area contributed by atoms with Crippen molar-refractivity contribution < 1.29 is 4.79 Å². The first-order chi connectivity index (χ1) is 14.1. The summed E-state index contributed by atoms with van der Waals surface area (Å²) in [7, 11) is 0. The number of nitrogens with zero attached hydrogens (tertiary/aromatic N) is 3. The van der Waals surface area contributed by atoms with Crippen LogP contribution in [-0.2, 0) is 13.0 Å². The fourth-order valence-electron chi connectivity index (χ4n) is 2.91. The minimum Gasteiger partial charge on any atom is -0.397 e. The number of carbonyl (C=O) groups excluding carboxylic acids is 1. The lowest BCUT2D eigenvalue weighted by Crippen LogP contribution is -2.13. The first-order valence-electron chi connectivity index (χ1n) is 8.97. The molecule has 0 radical (unpaired) electrons. The molecule has 0 spiro atoms. The number of aromatic nitrogens is 3. The molecule has 0 saturated heterocycles. The zero-order valence-corrected chi connectivity index (χ0v) is 17.0. The van der Waals surface area contributed by atoms with Gasteiger partial charge in [-0.15, -0.1) is 5.10 Å². The van der Waals surface area contributed by atoms with Gasteiger partial charge in [0.1, 0.15) is 0 Å². The Hall–Kier alpha value is -3.16. The van der Waals surface area contributed by atoms with Crippen LogP contribution in [0.5, 0.6) is 0 Å². The van der Waals surface area contributed by atoms with Crippen LogP contribution in [-0.4, -0.2) is 20.9 Å². The standard InChI is InChI=1S/C21H18ClN5OS/c22-17-4-2-1-3-14(17)7-9-27-12-20(25-26-27)21(28)24-19-11-15(5-6-18(19)23)16-8-10-29-13-16/h1-6,8,10-13H,7,9,23H2,(H,24,28). The van der Waals surface area contributed by atoms with E-state index in [-0.39, 0.29) is 11.6 Å². The van der Waals surface area contributed by atoms with E-state index in [1.807, 2.05) is 53.2 Å². The van der Waals surface area contributed by atoms with Gasteiger partial charge in [0.15, 0.2) is 5.69 Å². The van der Waals surface area contributed by atoms with Gasteiger partial charge < -0.3 is 11.1 Å². The van der Waals surface area contributed by atoms with E-state index >= 15 is 0 Å². The summed E-state index contributed by atoms with van der Waals surface area (Å²) in [6.45, 7) is 0.569. The third kappa shape index (κ3) is 4.47.